The van der Waals surface area contributed by atoms with Crippen molar-refractivity contribution in [3.63, 3.8) is 0 Å². The van der Waals surface area contributed by atoms with Crippen LogP contribution >= 0.6 is 10.7 Å². The molecule has 0 amide bonds. The molecule has 0 heterocycles. The van der Waals surface area contributed by atoms with Gasteiger partial charge in [-0.3, -0.25) is 0 Å². The van der Waals surface area contributed by atoms with Gasteiger partial charge in [-0.25, -0.2) is 26.0 Å². The summed E-state index contributed by atoms with van der Waals surface area (Å²) in [5.41, 5.74) is -1.16. The zero-order valence-corrected chi connectivity index (χ0v) is 8.42. The van der Waals surface area contributed by atoms with Gasteiger partial charge in [0.25, 0.3) is 15.5 Å². The Kier molecular flexibility index (Phi) is 3.25. The molecule has 0 atom stereocenters. The second-order valence-corrected chi connectivity index (χ2v) is 5.02. The summed E-state index contributed by atoms with van der Waals surface area (Å²) in [4.78, 5) is -1.51. The van der Waals surface area contributed by atoms with Crippen molar-refractivity contribution in [1.82, 2.24) is 0 Å². The minimum absolute atomic E-state index is 0.405. The van der Waals surface area contributed by atoms with E-state index in [0.29, 0.717) is 12.1 Å². The highest BCUT2D eigenvalue weighted by Crippen LogP contribution is 2.31. The third-order valence-electron chi connectivity index (χ3n) is 1.56. The maximum atomic E-state index is 12.9. The Hall–Kier alpha value is -0.820. The van der Waals surface area contributed by atoms with Gasteiger partial charge in [0.05, 0.1) is 0 Å². The summed E-state index contributed by atoms with van der Waals surface area (Å²) >= 11 is 0. The average molecular weight is 263 g/mol. The van der Waals surface area contributed by atoms with E-state index in [1.54, 1.807) is 0 Å². The third kappa shape index (κ3) is 2.40. The molecule has 2 nitrogen and oxygen atoms in total. The number of hydrogen-bond donors (Lipinski definition) is 0. The quantitative estimate of drug-likeness (QED) is 0.607. The van der Waals surface area contributed by atoms with E-state index < -0.39 is 37.6 Å². The molecule has 0 N–H and O–H groups in total. The van der Waals surface area contributed by atoms with Crippen LogP contribution < -0.4 is 0 Å². The van der Waals surface area contributed by atoms with Crippen molar-refractivity contribution in [1.29, 1.82) is 0 Å². The molecular weight excluding hydrogens is 260 g/mol. The van der Waals surface area contributed by atoms with Gasteiger partial charge in [0, 0.05) is 16.2 Å². The predicted molar refractivity (Wildman–Crippen MR) is 44.4 cm³/mol. The zero-order valence-electron chi connectivity index (χ0n) is 6.85. The summed E-state index contributed by atoms with van der Waals surface area (Å²) in [6.45, 7) is 0. The van der Waals surface area contributed by atoms with Gasteiger partial charge in [0.2, 0.25) is 0 Å². The van der Waals surface area contributed by atoms with E-state index in [1.807, 2.05) is 0 Å². The Morgan fingerprint density at radius 2 is 1.73 bits per heavy atom. The van der Waals surface area contributed by atoms with Crippen molar-refractivity contribution in [2.24, 2.45) is 0 Å². The minimum atomic E-state index is -4.75. The fraction of sp³-hybridized carbons (Fsp3) is 0.143. The second-order valence-electron chi connectivity index (χ2n) is 2.52. The van der Waals surface area contributed by atoms with Gasteiger partial charge >= 0.3 is 0 Å². The molecule has 15 heavy (non-hydrogen) atoms. The lowest BCUT2D eigenvalue weighted by Crippen LogP contribution is -2.04. The van der Waals surface area contributed by atoms with E-state index in [-0.39, 0.29) is 0 Å². The molecule has 0 aliphatic carbocycles. The first-order valence-corrected chi connectivity index (χ1v) is 5.76. The van der Waals surface area contributed by atoms with Crippen LogP contribution in [0.3, 0.4) is 0 Å². The molecular formula is C7H3ClF4O2S. The number of halogens is 5. The molecule has 0 bridgehead atoms. The monoisotopic (exact) mass is 262 g/mol. The first-order valence-electron chi connectivity index (χ1n) is 3.46. The molecule has 0 fully saturated rings. The number of rotatable bonds is 2. The molecule has 0 aliphatic rings. The molecule has 0 saturated carbocycles. The maximum absolute atomic E-state index is 12.9. The molecule has 0 saturated heterocycles. The maximum Gasteiger partial charge on any atom is 0.265 e. The van der Waals surface area contributed by atoms with Crippen LogP contribution in [-0.4, -0.2) is 8.42 Å². The van der Waals surface area contributed by atoms with Gasteiger partial charge in [0.1, 0.15) is 4.90 Å². The van der Waals surface area contributed by atoms with Crippen LogP contribution in [0.2, 0.25) is 0 Å². The van der Waals surface area contributed by atoms with Crippen LogP contribution in [0.15, 0.2) is 17.0 Å². The van der Waals surface area contributed by atoms with Crippen LogP contribution in [0.4, 0.5) is 17.6 Å². The Bertz CT molecular complexity index is 486. The van der Waals surface area contributed by atoms with E-state index in [0.717, 1.165) is 0 Å². The Morgan fingerprint density at radius 3 is 2.13 bits per heavy atom. The van der Waals surface area contributed by atoms with E-state index >= 15 is 0 Å². The van der Waals surface area contributed by atoms with Crippen molar-refractivity contribution < 1.29 is 26.0 Å². The lowest BCUT2D eigenvalue weighted by atomic mass is 10.2. The Labute approximate surface area is 86.9 Å². The van der Waals surface area contributed by atoms with E-state index in [4.69, 9.17) is 10.7 Å². The third-order valence-corrected chi connectivity index (χ3v) is 2.92. The van der Waals surface area contributed by atoms with Gasteiger partial charge < -0.3 is 0 Å². The van der Waals surface area contributed by atoms with Gasteiger partial charge in [-0.2, -0.15) is 0 Å². The van der Waals surface area contributed by atoms with E-state index in [1.165, 1.54) is 0 Å². The van der Waals surface area contributed by atoms with E-state index in [2.05, 4.69) is 0 Å². The fourth-order valence-electron chi connectivity index (χ4n) is 0.967. The standard InChI is InChI=1S/C7H3ClF4O2S/c8-15(13,14)6-3(7(11)12)1-2-4(9)5(6)10/h1-2,7H. The molecule has 1 aromatic rings. The molecule has 0 unspecified atom stereocenters. The topological polar surface area (TPSA) is 34.1 Å². The van der Waals surface area contributed by atoms with Crippen LogP contribution in [0.25, 0.3) is 0 Å². The summed E-state index contributed by atoms with van der Waals surface area (Å²) < 4.78 is 71.6. The fourth-order valence-corrected chi connectivity index (χ4v) is 2.19. The normalized spacial score (nSPS) is 12.1. The highest BCUT2D eigenvalue weighted by Gasteiger charge is 2.28. The smallest absolute Gasteiger partial charge is 0.207 e. The molecule has 0 aromatic heterocycles. The predicted octanol–water partition coefficient (Wildman–Crippen LogP) is 2.83. The van der Waals surface area contributed by atoms with Crippen LogP contribution in [0.5, 0.6) is 0 Å². The lowest BCUT2D eigenvalue weighted by Gasteiger charge is -2.06. The average Bonchev–Trinajstić information content (AvgIpc) is 2.06. The largest absolute Gasteiger partial charge is 0.265 e. The Morgan fingerprint density at radius 1 is 1.20 bits per heavy atom. The molecule has 84 valence electrons. The summed E-state index contributed by atoms with van der Waals surface area (Å²) in [5.74, 6) is -3.46. The summed E-state index contributed by atoms with van der Waals surface area (Å²) in [6.07, 6.45) is -3.26. The van der Waals surface area contributed by atoms with Crippen molar-refractivity contribution in [3.05, 3.63) is 29.3 Å². The molecule has 8 heteroatoms. The first kappa shape index (κ1) is 12.3. The minimum Gasteiger partial charge on any atom is -0.207 e. The van der Waals surface area contributed by atoms with Crippen molar-refractivity contribution in [2.45, 2.75) is 11.3 Å². The lowest BCUT2D eigenvalue weighted by molar-refractivity contribution is 0.146. The van der Waals surface area contributed by atoms with Crippen molar-refractivity contribution in [3.8, 4) is 0 Å². The molecule has 0 aliphatic heterocycles. The first-order chi connectivity index (χ1) is 6.75. The molecule has 0 spiro atoms. The molecule has 1 rings (SSSR count). The number of hydrogen-bond acceptors (Lipinski definition) is 2. The summed E-state index contributed by atoms with van der Waals surface area (Å²) in [6, 6.07) is 0.876. The zero-order chi connectivity index (χ0) is 11.8. The highest BCUT2D eigenvalue weighted by atomic mass is 35.7. The molecule has 1 aromatic carbocycles. The Balaban J connectivity index is 3.65. The SMILES string of the molecule is O=S(=O)(Cl)c1c(C(F)F)ccc(F)c1F. The van der Waals surface area contributed by atoms with E-state index in [9.17, 15) is 26.0 Å². The van der Waals surface area contributed by atoms with Crippen LogP contribution in [0, 0.1) is 11.6 Å². The van der Waals surface area contributed by atoms with Crippen molar-refractivity contribution in [2.75, 3.05) is 0 Å². The van der Waals surface area contributed by atoms with Gasteiger partial charge in [-0.15, -0.1) is 0 Å². The van der Waals surface area contributed by atoms with Gasteiger partial charge in [-0.1, -0.05) is 0 Å². The highest BCUT2D eigenvalue weighted by molar-refractivity contribution is 8.13. The summed E-state index contributed by atoms with van der Waals surface area (Å²) in [5, 5.41) is 0. The van der Waals surface area contributed by atoms with Crippen LogP contribution in [0.1, 0.15) is 12.0 Å². The van der Waals surface area contributed by atoms with Crippen molar-refractivity contribution >= 4 is 19.7 Å². The van der Waals surface area contributed by atoms with Gasteiger partial charge in [-0.05, 0) is 12.1 Å². The number of benzene rings is 1. The second kappa shape index (κ2) is 3.97. The van der Waals surface area contributed by atoms with Crippen LogP contribution in [-0.2, 0) is 9.05 Å². The van der Waals surface area contributed by atoms with Gasteiger partial charge in [0.15, 0.2) is 11.6 Å². The number of alkyl halides is 2. The molecule has 0 radical (unpaired) electrons. The summed E-state index contributed by atoms with van der Waals surface area (Å²) in [7, 11) is -0.0372.